The SMILES string of the molecule is COc1ccc2c(c1)N(CCCS(=O)(=O)[O-])/C(=C/c1sc3ccccc3[n+]1C)S2. The van der Waals surface area contributed by atoms with Crippen molar-refractivity contribution in [1.82, 2.24) is 0 Å². The van der Waals surface area contributed by atoms with Gasteiger partial charge in [0.05, 0.1) is 34.0 Å². The number of rotatable bonds is 6. The van der Waals surface area contributed by atoms with Gasteiger partial charge in [0.25, 0.3) is 5.01 Å². The minimum atomic E-state index is -4.24. The minimum Gasteiger partial charge on any atom is -0.748 e. The lowest BCUT2D eigenvalue weighted by Gasteiger charge is -2.21. The van der Waals surface area contributed by atoms with Crippen LogP contribution in [0.5, 0.6) is 5.75 Å². The van der Waals surface area contributed by atoms with Gasteiger partial charge in [0.1, 0.15) is 17.5 Å². The van der Waals surface area contributed by atoms with E-state index < -0.39 is 10.1 Å². The van der Waals surface area contributed by atoms with E-state index in [0.717, 1.165) is 31.9 Å². The third kappa shape index (κ3) is 4.28. The average Bonchev–Trinajstić information content (AvgIpc) is 3.18. The molecule has 2 aromatic carbocycles. The first-order chi connectivity index (χ1) is 13.9. The van der Waals surface area contributed by atoms with Crippen LogP contribution in [-0.2, 0) is 17.2 Å². The zero-order chi connectivity index (χ0) is 20.6. The molecule has 29 heavy (non-hydrogen) atoms. The summed E-state index contributed by atoms with van der Waals surface area (Å²) >= 11 is 3.34. The molecule has 0 amide bonds. The first-order valence-electron chi connectivity index (χ1n) is 9.02. The summed E-state index contributed by atoms with van der Waals surface area (Å²) in [7, 11) is -0.582. The smallest absolute Gasteiger partial charge is 0.265 e. The highest BCUT2D eigenvalue weighted by molar-refractivity contribution is 8.03. The molecule has 0 radical (unpaired) electrons. The molecular weight excluding hydrogens is 428 g/mol. The third-order valence-electron chi connectivity index (χ3n) is 4.73. The van der Waals surface area contributed by atoms with Crippen molar-refractivity contribution in [3.63, 3.8) is 0 Å². The summed E-state index contributed by atoms with van der Waals surface area (Å²) in [6.45, 7) is 0.440. The second kappa shape index (κ2) is 7.98. The lowest BCUT2D eigenvalue weighted by molar-refractivity contribution is -0.642. The highest BCUT2D eigenvalue weighted by atomic mass is 32.2. The van der Waals surface area contributed by atoms with Crippen LogP contribution in [0.3, 0.4) is 0 Å². The van der Waals surface area contributed by atoms with Gasteiger partial charge in [0.2, 0.25) is 5.52 Å². The number of anilines is 1. The Hall–Kier alpha value is -2.07. The van der Waals surface area contributed by atoms with Gasteiger partial charge in [-0.2, -0.15) is 4.57 Å². The van der Waals surface area contributed by atoms with Crippen molar-refractivity contribution in [2.75, 3.05) is 24.3 Å². The Labute approximate surface area is 178 Å². The Balaban J connectivity index is 1.71. The van der Waals surface area contributed by atoms with Gasteiger partial charge in [-0.1, -0.05) is 35.2 Å². The van der Waals surface area contributed by atoms with Crippen molar-refractivity contribution in [2.45, 2.75) is 11.3 Å². The van der Waals surface area contributed by atoms with Crippen LogP contribution in [-0.4, -0.2) is 32.4 Å². The van der Waals surface area contributed by atoms with Crippen LogP contribution in [0.25, 0.3) is 16.3 Å². The minimum absolute atomic E-state index is 0.263. The van der Waals surface area contributed by atoms with Crippen molar-refractivity contribution >= 4 is 55.2 Å². The van der Waals surface area contributed by atoms with Crippen molar-refractivity contribution < 1.29 is 22.3 Å². The van der Waals surface area contributed by atoms with Crippen LogP contribution in [0.1, 0.15) is 11.4 Å². The molecule has 1 aliphatic heterocycles. The molecule has 6 nitrogen and oxygen atoms in total. The lowest BCUT2D eigenvalue weighted by atomic mass is 10.2. The summed E-state index contributed by atoms with van der Waals surface area (Å²) in [5.74, 6) is 0.358. The van der Waals surface area contributed by atoms with E-state index in [2.05, 4.69) is 27.7 Å². The number of aromatic nitrogens is 1. The topological polar surface area (TPSA) is 73.5 Å². The predicted molar refractivity (Wildman–Crippen MR) is 116 cm³/mol. The summed E-state index contributed by atoms with van der Waals surface area (Å²) in [6.07, 6.45) is 2.38. The molecule has 0 atom stereocenters. The van der Waals surface area contributed by atoms with E-state index in [1.165, 1.54) is 4.70 Å². The monoisotopic (exact) mass is 448 g/mol. The predicted octanol–water partition coefficient (Wildman–Crippen LogP) is 3.58. The first kappa shape index (κ1) is 20.2. The van der Waals surface area contributed by atoms with Crippen molar-refractivity contribution in [3.05, 3.63) is 52.5 Å². The molecule has 0 bridgehead atoms. The second-order valence-corrected chi connectivity index (χ2v) is 10.3. The Morgan fingerprint density at radius 3 is 2.76 bits per heavy atom. The number of hydrogen-bond acceptors (Lipinski definition) is 7. The van der Waals surface area contributed by atoms with Crippen LogP contribution in [0, 0.1) is 0 Å². The summed E-state index contributed by atoms with van der Waals surface area (Å²) in [4.78, 5) is 3.14. The van der Waals surface area contributed by atoms with Gasteiger partial charge in [0, 0.05) is 29.3 Å². The van der Waals surface area contributed by atoms with Crippen LogP contribution in [0.4, 0.5) is 5.69 Å². The van der Waals surface area contributed by atoms with Gasteiger partial charge < -0.3 is 14.2 Å². The molecule has 0 spiro atoms. The van der Waals surface area contributed by atoms with E-state index in [0.29, 0.717) is 6.54 Å². The maximum Gasteiger partial charge on any atom is 0.265 e. The maximum absolute atomic E-state index is 11.1. The molecule has 1 aliphatic rings. The van der Waals surface area contributed by atoms with Gasteiger partial charge in [-0.25, -0.2) is 8.42 Å². The number of fused-ring (bicyclic) bond motifs is 2. The molecule has 1 aromatic heterocycles. The zero-order valence-corrected chi connectivity index (χ0v) is 18.4. The fourth-order valence-electron chi connectivity index (χ4n) is 3.30. The highest BCUT2D eigenvalue weighted by Crippen LogP contribution is 2.48. The summed E-state index contributed by atoms with van der Waals surface area (Å²) < 4.78 is 41.9. The molecular formula is C20H20N2O4S3. The fourth-order valence-corrected chi connectivity index (χ4v) is 6.05. The maximum atomic E-state index is 11.1. The molecule has 2 heterocycles. The normalized spacial score (nSPS) is 15.3. The molecule has 152 valence electrons. The van der Waals surface area contributed by atoms with Crippen molar-refractivity contribution in [2.24, 2.45) is 7.05 Å². The highest BCUT2D eigenvalue weighted by Gasteiger charge is 2.27. The van der Waals surface area contributed by atoms with Gasteiger partial charge in [0.15, 0.2) is 0 Å². The van der Waals surface area contributed by atoms with Crippen LogP contribution in [0.2, 0.25) is 0 Å². The molecule has 0 aliphatic carbocycles. The van der Waals surface area contributed by atoms with Crippen LogP contribution in [0.15, 0.2) is 52.4 Å². The van der Waals surface area contributed by atoms with Crippen molar-refractivity contribution in [3.8, 4) is 5.75 Å². The van der Waals surface area contributed by atoms with E-state index in [-0.39, 0.29) is 12.2 Å². The largest absolute Gasteiger partial charge is 0.748 e. The third-order valence-corrected chi connectivity index (χ3v) is 7.80. The van der Waals surface area contributed by atoms with Gasteiger partial charge in [-0.3, -0.25) is 0 Å². The van der Waals surface area contributed by atoms with E-state index in [1.807, 2.05) is 37.4 Å². The summed E-state index contributed by atoms with van der Waals surface area (Å²) in [5.41, 5.74) is 2.13. The second-order valence-electron chi connectivity index (χ2n) is 6.65. The average molecular weight is 449 g/mol. The number of para-hydroxylation sites is 1. The van der Waals surface area contributed by atoms with Crippen LogP contribution < -0.4 is 14.2 Å². The van der Waals surface area contributed by atoms with Crippen molar-refractivity contribution in [1.29, 1.82) is 0 Å². The number of thiazole rings is 1. The van der Waals surface area contributed by atoms with E-state index in [4.69, 9.17) is 4.74 Å². The van der Waals surface area contributed by atoms with Gasteiger partial charge in [-0.05, 0) is 24.6 Å². The Bertz CT molecular complexity index is 1200. The standard InChI is InChI=1S/C20H20N2O4S3/c1-21-15-6-3-4-7-17(15)27-19(21)13-20-22(10-5-11-29(23,24)25)16-12-14(26-2)8-9-18(16)28-20/h3-4,6-9,12-13H,5,10-11H2,1-2H3. The molecule has 0 saturated carbocycles. The Morgan fingerprint density at radius 1 is 1.24 bits per heavy atom. The zero-order valence-electron chi connectivity index (χ0n) is 16.0. The molecule has 3 aromatic rings. The number of methoxy groups -OCH3 is 1. The van der Waals surface area contributed by atoms with E-state index in [1.54, 1.807) is 30.2 Å². The molecule has 0 N–H and O–H groups in total. The first-order valence-corrected chi connectivity index (χ1v) is 12.2. The van der Waals surface area contributed by atoms with E-state index >= 15 is 0 Å². The molecule has 0 saturated heterocycles. The quantitative estimate of drug-likeness (QED) is 0.424. The van der Waals surface area contributed by atoms with Crippen LogP contribution >= 0.6 is 23.1 Å². The lowest BCUT2D eigenvalue weighted by Crippen LogP contribution is -2.29. The number of benzene rings is 2. The number of thioether (sulfide) groups is 1. The number of nitrogens with zero attached hydrogens (tertiary/aromatic N) is 2. The van der Waals surface area contributed by atoms with Gasteiger partial charge in [-0.15, -0.1) is 0 Å². The fraction of sp³-hybridized carbons (Fsp3) is 0.250. The number of ether oxygens (including phenoxy) is 1. The molecule has 9 heteroatoms. The Morgan fingerprint density at radius 2 is 2.03 bits per heavy atom. The van der Waals surface area contributed by atoms with Gasteiger partial charge >= 0.3 is 0 Å². The summed E-state index contributed by atoms with van der Waals surface area (Å²) in [6, 6.07) is 14.1. The molecule has 4 rings (SSSR count). The number of aryl methyl sites for hydroxylation is 1. The van der Waals surface area contributed by atoms with E-state index in [9.17, 15) is 13.0 Å². The number of hydrogen-bond donors (Lipinski definition) is 0. The molecule has 0 unspecified atom stereocenters. The Kier molecular flexibility index (Phi) is 5.56. The molecule has 0 fully saturated rings. The summed E-state index contributed by atoms with van der Waals surface area (Å²) in [5, 5.41) is 2.09.